The third-order valence-corrected chi connectivity index (χ3v) is 5.37. The summed E-state index contributed by atoms with van der Waals surface area (Å²) in [4.78, 5) is 15.2. The molecule has 3 nitrogen and oxygen atoms in total. The number of ether oxygens (including phenoxy) is 1. The van der Waals surface area contributed by atoms with Crippen molar-refractivity contribution in [3.63, 3.8) is 0 Å². The van der Waals surface area contributed by atoms with Crippen LogP contribution in [0.1, 0.15) is 43.7 Å². The number of para-hydroxylation sites is 1. The summed E-state index contributed by atoms with van der Waals surface area (Å²) in [6.07, 6.45) is 1.37. The van der Waals surface area contributed by atoms with Crippen LogP contribution in [-0.2, 0) is 4.79 Å². The van der Waals surface area contributed by atoms with Crippen molar-refractivity contribution in [1.29, 1.82) is 0 Å². The van der Waals surface area contributed by atoms with Gasteiger partial charge in [-0.05, 0) is 29.2 Å². The van der Waals surface area contributed by atoms with E-state index in [9.17, 15) is 4.79 Å². The van der Waals surface area contributed by atoms with Crippen molar-refractivity contribution in [2.75, 3.05) is 19.0 Å². The van der Waals surface area contributed by atoms with E-state index in [4.69, 9.17) is 4.74 Å². The van der Waals surface area contributed by atoms with Gasteiger partial charge in [0.2, 0.25) is 0 Å². The zero-order valence-electron chi connectivity index (χ0n) is 15.9. The lowest BCUT2D eigenvalue weighted by Crippen LogP contribution is -2.32. The molecule has 0 radical (unpaired) electrons. The molecular formula is C23H25NO2. The zero-order valence-corrected chi connectivity index (χ0v) is 15.9. The smallest absolute Gasteiger partial charge is 0.163 e. The number of Topliss-reactive ketones (excluding diaryl/α,β-unsaturated/α-hetero) is 1. The predicted molar refractivity (Wildman–Crippen MR) is 105 cm³/mol. The van der Waals surface area contributed by atoms with Gasteiger partial charge >= 0.3 is 0 Å². The summed E-state index contributed by atoms with van der Waals surface area (Å²) < 4.78 is 6.21. The molecule has 0 aromatic heterocycles. The summed E-state index contributed by atoms with van der Waals surface area (Å²) in [7, 11) is 4.07. The highest BCUT2D eigenvalue weighted by atomic mass is 16.5. The largest absolute Gasteiger partial charge is 0.461 e. The van der Waals surface area contributed by atoms with Crippen molar-refractivity contribution >= 4 is 11.5 Å². The average molecular weight is 347 g/mol. The van der Waals surface area contributed by atoms with E-state index in [1.807, 2.05) is 32.3 Å². The Morgan fingerprint density at radius 1 is 1.00 bits per heavy atom. The highest BCUT2D eigenvalue weighted by Crippen LogP contribution is 2.49. The molecule has 2 aromatic carbocycles. The highest BCUT2D eigenvalue weighted by Gasteiger charge is 2.41. The molecule has 2 aromatic rings. The number of ketones is 1. The van der Waals surface area contributed by atoms with Gasteiger partial charge in [0.25, 0.3) is 0 Å². The first kappa shape index (κ1) is 16.9. The van der Waals surface area contributed by atoms with Crippen molar-refractivity contribution < 1.29 is 9.53 Å². The standard InChI is InChI=1S/C23H25NO2/c1-23(2)13-18(25)22-20(14-23)26-19-8-6-5-7-17(19)21(22)15-9-11-16(12-10-15)24(3)4/h5-12,21H,13-14H2,1-4H3. The maximum Gasteiger partial charge on any atom is 0.163 e. The molecule has 3 heteroatoms. The molecule has 0 N–H and O–H groups in total. The summed E-state index contributed by atoms with van der Waals surface area (Å²) in [5.41, 5.74) is 4.17. The van der Waals surface area contributed by atoms with Gasteiger partial charge in [0.15, 0.2) is 5.78 Å². The molecule has 1 atom stereocenters. The van der Waals surface area contributed by atoms with Crippen LogP contribution in [0.5, 0.6) is 5.75 Å². The van der Waals surface area contributed by atoms with E-state index in [0.717, 1.165) is 40.3 Å². The minimum absolute atomic E-state index is 0.0465. The molecule has 1 aliphatic heterocycles. The number of rotatable bonds is 2. The highest BCUT2D eigenvalue weighted by molar-refractivity contribution is 6.00. The molecule has 26 heavy (non-hydrogen) atoms. The third-order valence-electron chi connectivity index (χ3n) is 5.37. The first-order valence-corrected chi connectivity index (χ1v) is 9.16. The Labute approximate surface area is 155 Å². The predicted octanol–water partition coefficient (Wildman–Crippen LogP) is 4.92. The lowest BCUT2D eigenvalue weighted by atomic mass is 9.70. The molecule has 0 amide bonds. The van der Waals surface area contributed by atoms with Gasteiger partial charge in [-0.1, -0.05) is 44.2 Å². The van der Waals surface area contributed by atoms with Gasteiger partial charge in [-0.3, -0.25) is 4.79 Å². The third kappa shape index (κ3) is 2.82. The average Bonchev–Trinajstić information content (AvgIpc) is 2.59. The number of benzene rings is 2. The van der Waals surface area contributed by atoms with Crippen molar-refractivity contribution in [3.05, 3.63) is 71.0 Å². The SMILES string of the molecule is CN(C)c1ccc(C2C3=C(CC(C)(C)CC3=O)Oc3ccccc32)cc1. The van der Waals surface area contributed by atoms with Gasteiger partial charge in [-0.15, -0.1) is 0 Å². The molecule has 0 bridgehead atoms. The summed E-state index contributed by atoms with van der Waals surface area (Å²) in [6.45, 7) is 4.28. The molecule has 0 fully saturated rings. The van der Waals surface area contributed by atoms with Crippen molar-refractivity contribution in [3.8, 4) is 5.75 Å². The molecule has 0 spiro atoms. The topological polar surface area (TPSA) is 29.5 Å². The molecule has 0 saturated heterocycles. The van der Waals surface area contributed by atoms with Crippen molar-refractivity contribution in [2.45, 2.75) is 32.6 Å². The van der Waals surface area contributed by atoms with E-state index < -0.39 is 0 Å². The molecule has 1 heterocycles. The minimum atomic E-state index is -0.0540. The van der Waals surface area contributed by atoms with Crippen LogP contribution in [0.4, 0.5) is 5.69 Å². The molecular weight excluding hydrogens is 322 g/mol. The molecule has 1 aliphatic carbocycles. The maximum absolute atomic E-state index is 13.1. The van der Waals surface area contributed by atoms with Crippen molar-refractivity contribution in [2.24, 2.45) is 5.41 Å². The van der Waals surface area contributed by atoms with E-state index in [0.29, 0.717) is 6.42 Å². The fourth-order valence-corrected chi connectivity index (χ4v) is 4.10. The summed E-state index contributed by atoms with van der Waals surface area (Å²) in [5.74, 6) is 1.90. The van der Waals surface area contributed by atoms with Crippen LogP contribution in [0.25, 0.3) is 0 Å². The molecule has 4 rings (SSSR count). The van der Waals surface area contributed by atoms with Crippen LogP contribution >= 0.6 is 0 Å². The molecule has 134 valence electrons. The first-order valence-electron chi connectivity index (χ1n) is 9.16. The van der Waals surface area contributed by atoms with E-state index in [-0.39, 0.29) is 17.1 Å². The fourth-order valence-electron chi connectivity index (χ4n) is 4.10. The zero-order chi connectivity index (χ0) is 18.5. The Hall–Kier alpha value is -2.55. The van der Waals surface area contributed by atoms with Gasteiger partial charge in [0.05, 0.1) is 0 Å². The number of fused-ring (bicyclic) bond motifs is 1. The van der Waals surface area contributed by atoms with Crippen LogP contribution < -0.4 is 9.64 Å². The Morgan fingerprint density at radius 3 is 2.38 bits per heavy atom. The second-order valence-electron chi connectivity index (χ2n) is 8.34. The van der Waals surface area contributed by atoms with E-state index in [2.05, 4.69) is 49.1 Å². The van der Waals surface area contributed by atoms with Gasteiger partial charge in [-0.2, -0.15) is 0 Å². The number of allylic oxidation sites excluding steroid dienone is 2. The van der Waals surface area contributed by atoms with E-state index in [1.165, 1.54) is 0 Å². The van der Waals surface area contributed by atoms with Crippen LogP contribution in [0.3, 0.4) is 0 Å². The monoisotopic (exact) mass is 347 g/mol. The molecule has 1 unspecified atom stereocenters. The van der Waals surface area contributed by atoms with Crippen LogP contribution in [0.2, 0.25) is 0 Å². The quantitative estimate of drug-likeness (QED) is 0.772. The number of nitrogens with zero attached hydrogens (tertiary/aromatic N) is 1. The lowest BCUT2D eigenvalue weighted by molar-refractivity contribution is -0.118. The normalized spacial score (nSPS) is 20.9. The van der Waals surface area contributed by atoms with Gasteiger partial charge in [0.1, 0.15) is 11.5 Å². The van der Waals surface area contributed by atoms with Gasteiger partial charge < -0.3 is 9.64 Å². The Morgan fingerprint density at radius 2 is 1.69 bits per heavy atom. The number of carbonyl (C=O) groups is 1. The summed E-state index contributed by atoms with van der Waals surface area (Å²) >= 11 is 0. The summed E-state index contributed by atoms with van der Waals surface area (Å²) in [5, 5.41) is 0. The Bertz CT molecular complexity index is 891. The minimum Gasteiger partial charge on any atom is -0.461 e. The molecule has 0 saturated carbocycles. The number of hydrogen-bond donors (Lipinski definition) is 0. The van der Waals surface area contributed by atoms with E-state index >= 15 is 0 Å². The molecule has 2 aliphatic rings. The fraction of sp³-hybridized carbons (Fsp3) is 0.348. The first-order chi connectivity index (χ1) is 12.4. The van der Waals surface area contributed by atoms with Gasteiger partial charge in [-0.25, -0.2) is 0 Å². The number of anilines is 1. The Balaban J connectivity index is 1.87. The maximum atomic E-state index is 13.1. The van der Waals surface area contributed by atoms with Crippen molar-refractivity contribution in [1.82, 2.24) is 0 Å². The van der Waals surface area contributed by atoms with E-state index in [1.54, 1.807) is 0 Å². The number of carbonyl (C=O) groups excluding carboxylic acids is 1. The second-order valence-corrected chi connectivity index (χ2v) is 8.34. The summed E-state index contributed by atoms with van der Waals surface area (Å²) in [6, 6.07) is 16.6. The van der Waals surface area contributed by atoms with Gasteiger partial charge in [0, 0.05) is 49.7 Å². The second kappa shape index (κ2) is 6.01. The van der Waals surface area contributed by atoms with Crippen LogP contribution in [0, 0.1) is 5.41 Å². The number of hydrogen-bond acceptors (Lipinski definition) is 3. The Kier molecular flexibility index (Phi) is 3.91. The van der Waals surface area contributed by atoms with Crippen LogP contribution in [0.15, 0.2) is 59.9 Å². The lowest BCUT2D eigenvalue weighted by Gasteiger charge is -2.38. The van der Waals surface area contributed by atoms with Crippen LogP contribution in [-0.4, -0.2) is 19.9 Å².